The van der Waals surface area contributed by atoms with Gasteiger partial charge in [-0.25, -0.2) is 0 Å². The van der Waals surface area contributed by atoms with Crippen LogP contribution in [0, 0.1) is 45.3 Å². The van der Waals surface area contributed by atoms with E-state index in [0.29, 0.717) is 29.3 Å². The summed E-state index contributed by atoms with van der Waals surface area (Å²) in [4.78, 5) is 25.7. The Labute approximate surface area is 203 Å². The molecule has 0 bridgehead atoms. The van der Waals surface area contributed by atoms with E-state index in [1.807, 2.05) is 6.92 Å². The zero-order valence-corrected chi connectivity index (χ0v) is 22.6. The topological polar surface area (TPSA) is 34.1 Å². The molecule has 7 unspecified atom stereocenters. The van der Waals surface area contributed by atoms with Crippen molar-refractivity contribution < 1.29 is 9.59 Å². The second kappa shape index (κ2) is 8.20. The maximum Gasteiger partial charge on any atom is 0.138 e. The molecule has 4 aliphatic carbocycles. The maximum atomic E-state index is 12.9. The Morgan fingerprint density at radius 3 is 2.39 bits per heavy atom. The number of fused-ring (bicyclic) bond motifs is 5. The molecule has 0 aromatic carbocycles. The highest BCUT2D eigenvalue weighted by molar-refractivity contribution is 5.85. The molecule has 3 fully saturated rings. The van der Waals surface area contributed by atoms with Gasteiger partial charge in [0.1, 0.15) is 11.6 Å². The van der Waals surface area contributed by atoms with Crippen LogP contribution in [0.4, 0.5) is 0 Å². The quantitative estimate of drug-likeness (QED) is 0.395. The molecule has 33 heavy (non-hydrogen) atoms. The summed E-state index contributed by atoms with van der Waals surface area (Å²) in [5.74, 6) is 2.59. The lowest BCUT2D eigenvalue weighted by Gasteiger charge is -2.63. The van der Waals surface area contributed by atoms with Gasteiger partial charge in [-0.05, 0) is 106 Å². The third-order valence-corrected chi connectivity index (χ3v) is 11.7. The SMILES string of the molecule is CC(=O)C(CCC=C(C)C)C1CCC2(C)C3=CCC4C(C)(C)C(=O)CCC4(C)C3CCC12C. The molecule has 2 nitrogen and oxygen atoms in total. The van der Waals surface area contributed by atoms with Crippen molar-refractivity contribution in [3.05, 3.63) is 23.3 Å². The molecule has 7 atom stereocenters. The van der Waals surface area contributed by atoms with E-state index in [0.717, 1.165) is 32.1 Å². The van der Waals surface area contributed by atoms with E-state index in [9.17, 15) is 9.59 Å². The van der Waals surface area contributed by atoms with Crippen LogP contribution in [-0.2, 0) is 9.59 Å². The van der Waals surface area contributed by atoms with Crippen LogP contribution in [0.1, 0.15) is 113 Å². The highest BCUT2D eigenvalue weighted by Crippen LogP contribution is 2.73. The lowest BCUT2D eigenvalue weighted by Crippen LogP contribution is -2.57. The predicted octanol–water partition coefficient (Wildman–Crippen LogP) is 8.11. The average molecular weight is 453 g/mol. The number of hydrogen-bond donors (Lipinski definition) is 0. The Morgan fingerprint density at radius 1 is 1.06 bits per heavy atom. The minimum absolute atomic E-state index is 0.183. The largest absolute Gasteiger partial charge is 0.300 e. The molecule has 0 saturated heterocycles. The monoisotopic (exact) mass is 452 g/mol. The van der Waals surface area contributed by atoms with Crippen LogP contribution in [-0.4, -0.2) is 11.6 Å². The van der Waals surface area contributed by atoms with Crippen molar-refractivity contribution in [1.82, 2.24) is 0 Å². The molecule has 184 valence electrons. The molecule has 0 heterocycles. The van der Waals surface area contributed by atoms with Crippen LogP contribution in [0.25, 0.3) is 0 Å². The van der Waals surface area contributed by atoms with Gasteiger partial charge in [0.25, 0.3) is 0 Å². The van der Waals surface area contributed by atoms with Gasteiger partial charge in [-0.1, -0.05) is 57.9 Å². The van der Waals surface area contributed by atoms with Crippen LogP contribution in [0.5, 0.6) is 0 Å². The number of hydrogen-bond acceptors (Lipinski definition) is 2. The first kappa shape index (κ1) is 24.9. The normalized spacial score (nSPS) is 42.5. The molecule has 3 saturated carbocycles. The Bertz CT molecular complexity index is 887. The van der Waals surface area contributed by atoms with Crippen molar-refractivity contribution >= 4 is 11.6 Å². The van der Waals surface area contributed by atoms with Crippen molar-refractivity contribution in [1.29, 1.82) is 0 Å². The molecular formula is C31H48O2. The summed E-state index contributed by atoms with van der Waals surface area (Å²) in [6.45, 7) is 18.1. The van der Waals surface area contributed by atoms with Gasteiger partial charge in [0.05, 0.1) is 0 Å². The van der Waals surface area contributed by atoms with Gasteiger partial charge in [0.15, 0.2) is 0 Å². The first-order chi connectivity index (χ1) is 15.3. The van der Waals surface area contributed by atoms with E-state index in [-0.39, 0.29) is 27.6 Å². The number of carbonyl (C=O) groups excluding carboxylic acids is 2. The summed E-state index contributed by atoms with van der Waals surface area (Å²) < 4.78 is 0. The molecule has 4 aliphatic rings. The number of ketones is 2. The summed E-state index contributed by atoms with van der Waals surface area (Å²) in [7, 11) is 0. The molecule has 0 radical (unpaired) electrons. The fourth-order valence-electron chi connectivity index (χ4n) is 9.44. The Balaban J connectivity index is 1.67. The standard InChI is InChI=1S/C31H48O2/c1-20(2)10-9-11-22(21(3)32)23-14-18-31(8)25-12-13-26-28(4,5)27(33)16-17-29(26,6)24(25)15-19-30(23,31)7/h10,12,22-24,26H,9,11,13-19H2,1-8H3. The van der Waals surface area contributed by atoms with Crippen molar-refractivity contribution in [3.8, 4) is 0 Å². The fraction of sp³-hybridized carbons (Fsp3) is 0.806. The molecule has 0 aromatic rings. The van der Waals surface area contributed by atoms with E-state index in [1.165, 1.54) is 31.3 Å². The number of carbonyl (C=O) groups is 2. The van der Waals surface area contributed by atoms with Crippen molar-refractivity contribution in [2.24, 2.45) is 45.3 Å². The third kappa shape index (κ3) is 3.56. The first-order valence-electron chi connectivity index (χ1n) is 13.7. The lowest BCUT2D eigenvalue weighted by molar-refractivity contribution is -0.146. The second-order valence-corrected chi connectivity index (χ2v) is 13.7. The smallest absolute Gasteiger partial charge is 0.138 e. The average Bonchev–Trinajstić information content (AvgIpc) is 3.00. The van der Waals surface area contributed by atoms with Crippen LogP contribution in [0.15, 0.2) is 23.3 Å². The summed E-state index contributed by atoms with van der Waals surface area (Å²) in [6, 6.07) is 0. The molecule has 0 N–H and O–H groups in total. The number of rotatable bonds is 5. The summed E-state index contributed by atoms with van der Waals surface area (Å²) in [6.07, 6.45) is 14.6. The zero-order chi connectivity index (χ0) is 24.4. The molecule has 2 heteroatoms. The van der Waals surface area contributed by atoms with E-state index in [4.69, 9.17) is 0 Å². The minimum Gasteiger partial charge on any atom is -0.300 e. The molecule has 0 aliphatic heterocycles. The van der Waals surface area contributed by atoms with Gasteiger partial charge < -0.3 is 0 Å². The molecule has 0 aromatic heterocycles. The molecule has 0 amide bonds. The maximum absolute atomic E-state index is 12.9. The highest BCUT2D eigenvalue weighted by atomic mass is 16.1. The molecule has 0 spiro atoms. The summed E-state index contributed by atoms with van der Waals surface area (Å²) >= 11 is 0. The zero-order valence-electron chi connectivity index (χ0n) is 22.6. The molecule has 4 rings (SSSR count). The minimum atomic E-state index is -0.209. The van der Waals surface area contributed by atoms with Crippen LogP contribution < -0.4 is 0 Å². The number of Topliss-reactive ketones (excluding diaryl/α,β-unsaturated/α-hetero) is 2. The fourth-order valence-corrected chi connectivity index (χ4v) is 9.44. The van der Waals surface area contributed by atoms with Crippen molar-refractivity contribution in [3.63, 3.8) is 0 Å². The van der Waals surface area contributed by atoms with Crippen molar-refractivity contribution in [2.75, 3.05) is 0 Å². The van der Waals surface area contributed by atoms with Crippen LogP contribution in [0.3, 0.4) is 0 Å². The summed E-state index contributed by atoms with van der Waals surface area (Å²) in [5.41, 5.74) is 3.45. The second-order valence-electron chi connectivity index (χ2n) is 13.7. The van der Waals surface area contributed by atoms with Crippen LogP contribution >= 0.6 is 0 Å². The van der Waals surface area contributed by atoms with E-state index < -0.39 is 0 Å². The van der Waals surface area contributed by atoms with Crippen LogP contribution in [0.2, 0.25) is 0 Å². The van der Waals surface area contributed by atoms with E-state index >= 15 is 0 Å². The van der Waals surface area contributed by atoms with Gasteiger partial charge >= 0.3 is 0 Å². The predicted molar refractivity (Wildman–Crippen MR) is 137 cm³/mol. The third-order valence-electron chi connectivity index (χ3n) is 11.7. The van der Waals surface area contributed by atoms with Crippen molar-refractivity contribution in [2.45, 2.75) is 113 Å². The van der Waals surface area contributed by atoms with Gasteiger partial charge in [0, 0.05) is 17.8 Å². The Kier molecular flexibility index (Phi) is 6.19. The first-order valence-corrected chi connectivity index (χ1v) is 13.7. The molecular weight excluding hydrogens is 404 g/mol. The van der Waals surface area contributed by atoms with Gasteiger partial charge in [0.2, 0.25) is 0 Å². The van der Waals surface area contributed by atoms with E-state index in [2.05, 4.69) is 60.6 Å². The van der Waals surface area contributed by atoms with E-state index in [1.54, 1.807) is 5.57 Å². The van der Waals surface area contributed by atoms with Gasteiger partial charge in [-0.3, -0.25) is 9.59 Å². The number of allylic oxidation sites excluding steroid dienone is 4. The van der Waals surface area contributed by atoms with Gasteiger partial charge in [-0.15, -0.1) is 0 Å². The highest BCUT2D eigenvalue weighted by Gasteiger charge is 2.65. The van der Waals surface area contributed by atoms with Gasteiger partial charge in [-0.2, -0.15) is 0 Å². The lowest BCUT2D eigenvalue weighted by atomic mass is 9.41. The summed E-state index contributed by atoms with van der Waals surface area (Å²) in [5, 5.41) is 0. The Hall–Kier alpha value is -1.18. The Morgan fingerprint density at radius 2 is 1.76 bits per heavy atom.